The Kier molecular flexibility index (Phi) is 2.40. The fourth-order valence-electron chi connectivity index (χ4n) is 2.30. The van der Waals surface area contributed by atoms with Crippen LogP contribution in [0.2, 0.25) is 0 Å². The van der Waals surface area contributed by atoms with Crippen molar-refractivity contribution in [3.8, 4) is 0 Å². The standard InChI is InChI=1S/C13H16N2O/c16-13-11-4-2-1-3-10(11)12(7-8-14-13)15-9-5-6-9/h1-4,9,12,15H,5-8H2,(H,14,16). The van der Waals surface area contributed by atoms with Crippen molar-refractivity contribution in [3.05, 3.63) is 35.4 Å². The maximum atomic E-state index is 11.8. The minimum atomic E-state index is 0.0655. The van der Waals surface area contributed by atoms with Gasteiger partial charge in [-0.25, -0.2) is 0 Å². The molecule has 3 heteroatoms. The molecule has 84 valence electrons. The van der Waals surface area contributed by atoms with Crippen LogP contribution in [0.5, 0.6) is 0 Å². The van der Waals surface area contributed by atoms with Gasteiger partial charge in [-0.2, -0.15) is 0 Å². The average Bonchev–Trinajstić information content (AvgIpc) is 3.11. The van der Waals surface area contributed by atoms with Crippen molar-refractivity contribution in [2.45, 2.75) is 31.3 Å². The lowest BCUT2D eigenvalue weighted by Gasteiger charge is -2.17. The van der Waals surface area contributed by atoms with Crippen LogP contribution in [0.3, 0.4) is 0 Å². The van der Waals surface area contributed by atoms with Crippen LogP contribution < -0.4 is 10.6 Å². The second-order valence-electron chi connectivity index (χ2n) is 4.63. The summed E-state index contributed by atoms with van der Waals surface area (Å²) in [5, 5.41) is 6.56. The molecule has 1 amide bonds. The fraction of sp³-hybridized carbons (Fsp3) is 0.462. The first-order valence-corrected chi connectivity index (χ1v) is 5.98. The second kappa shape index (κ2) is 3.91. The van der Waals surface area contributed by atoms with E-state index in [0.717, 1.165) is 24.1 Å². The van der Waals surface area contributed by atoms with Crippen molar-refractivity contribution in [3.63, 3.8) is 0 Å². The van der Waals surface area contributed by atoms with Gasteiger partial charge in [0, 0.05) is 24.2 Å². The average molecular weight is 216 g/mol. The molecule has 16 heavy (non-hydrogen) atoms. The molecule has 2 aliphatic rings. The number of hydrogen-bond donors (Lipinski definition) is 2. The molecule has 1 aliphatic carbocycles. The molecule has 0 radical (unpaired) electrons. The highest BCUT2D eigenvalue weighted by molar-refractivity contribution is 5.96. The summed E-state index contributed by atoms with van der Waals surface area (Å²) in [7, 11) is 0. The van der Waals surface area contributed by atoms with Crippen molar-refractivity contribution < 1.29 is 4.79 Å². The normalized spacial score (nSPS) is 24.5. The van der Waals surface area contributed by atoms with Gasteiger partial charge in [0.15, 0.2) is 0 Å². The van der Waals surface area contributed by atoms with Crippen LogP contribution in [0, 0.1) is 0 Å². The van der Waals surface area contributed by atoms with E-state index in [9.17, 15) is 4.79 Å². The highest BCUT2D eigenvalue weighted by Gasteiger charge is 2.28. The topological polar surface area (TPSA) is 41.1 Å². The maximum absolute atomic E-state index is 11.8. The van der Waals surface area contributed by atoms with Crippen molar-refractivity contribution >= 4 is 5.91 Å². The predicted octanol–water partition coefficient (Wildman–Crippen LogP) is 1.61. The molecule has 2 N–H and O–H groups in total. The number of amides is 1. The Bertz CT molecular complexity index is 412. The lowest BCUT2D eigenvalue weighted by atomic mass is 9.99. The van der Waals surface area contributed by atoms with Gasteiger partial charge in [-0.1, -0.05) is 18.2 Å². The van der Waals surface area contributed by atoms with Crippen molar-refractivity contribution in [1.82, 2.24) is 10.6 Å². The Hall–Kier alpha value is -1.35. The molecule has 1 atom stereocenters. The summed E-state index contributed by atoms with van der Waals surface area (Å²) < 4.78 is 0. The molecule has 1 heterocycles. The van der Waals surface area contributed by atoms with Crippen molar-refractivity contribution in [2.24, 2.45) is 0 Å². The molecule has 1 aromatic rings. The summed E-state index contributed by atoms with van der Waals surface area (Å²) in [5.74, 6) is 0.0655. The minimum Gasteiger partial charge on any atom is -0.352 e. The molecule has 0 aromatic heterocycles. The third-order valence-corrected chi connectivity index (χ3v) is 3.31. The molecule has 3 nitrogen and oxygen atoms in total. The van der Waals surface area contributed by atoms with Crippen LogP contribution in [0.1, 0.15) is 41.2 Å². The molecule has 1 fully saturated rings. The van der Waals surface area contributed by atoms with Gasteiger partial charge in [-0.15, -0.1) is 0 Å². The molecule has 3 rings (SSSR count). The maximum Gasteiger partial charge on any atom is 0.251 e. The molecule has 1 aliphatic heterocycles. The summed E-state index contributed by atoms with van der Waals surface area (Å²) >= 11 is 0. The van der Waals surface area contributed by atoms with E-state index in [-0.39, 0.29) is 5.91 Å². The first kappa shape index (κ1) is 9.85. The van der Waals surface area contributed by atoms with Gasteiger partial charge >= 0.3 is 0 Å². The summed E-state index contributed by atoms with van der Waals surface area (Å²) in [6.45, 7) is 0.762. The molecule has 0 spiro atoms. The van der Waals surface area contributed by atoms with E-state index < -0.39 is 0 Å². The number of hydrogen-bond acceptors (Lipinski definition) is 2. The zero-order valence-corrected chi connectivity index (χ0v) is 9.20. The third-order valence-electron chi connectivity index (χ3n) is 3.31. The third kappa shape index (κ3) is 1.83. The van der Waals surface area contributed by atoms with Gasteiger partial charge < -0.3 is 10.6 Å². The summed E-state index contributed by atoms with van der Waals surface area (Å²) in [5.41, 5.74) is 1.99. The van der Waals surface area contributed by atoms with Crippen LogP contribution in [-0.2, 0) is 0 Å². The number of carbonyl (C=O) groups excluding carboxylic acids is 1. The number of carbonyl (C=O) groups is 1. The van der Waals surface area contributed by atoms with E-state index in [2.05, 4.69) is 16.7 Å². The van der Waals surface area contributed by atoms with Crippen LogP contribution in [0.25, 0.3) is 0 Å². The molecule has 0 bridgehead atoms. The monoisotopic (exact) mass is 216 g/mol. The van der Waals surface area contributed by atoms with Crippen LogP contribution >= 0.6 is 0 Å². The number of fused-ring (bicyclic) bond motifs is 1. The smallest absolute Gasteiger partial charge is 0.251 e. The quantitative estimate of drug-likeness (QED) is 0.788. The number of rotatable bonds is 2. The first-order chi connectivity index (χ1) is 7.84. The van der Waals surface area contributed by atoms with E-state index in [1.165, 1.54) is 12.8 Å². The van der Waals surface area contributed by atoms with Crippen LogP contribution in [-0.4, -0.2) is 18.5 Å². The zero-order chi connectivity index (χ0) is 11.0. The van der Waals surface area contributed by atoms with Gasteiger partial charge in [0.2, 0.25) is 0 Å². The molecule has 1 aromatic carbocycles. The Labute approximate surface area is 95.2 Å². The molecular formula is C13H16N2O. The van der Waals surface area contributed by atoms with E-state index in [0.29, 0.717) is 12.1 Å². The van der Waals surface area contributed by atoms with Gasteiger partial charge in [0.25, 0.3) is 5.91 Å². The SMILES string of the molecule is O=C1NCCC(NC2CC2)c2ccccc21. The summed E-state index contributed by atoms with van der Waals surface area (Å²) in [6.07, 6.45) is 3.54. The largest absolute Gasteiger partial charge is 0.352 e. The lowest BCUT2D eigenvalue weighted by Crippen LogP contribution is -2.25. The Morgan fingerprint density at radius 3 is 2.81 bits per heavy atom. The zero-order valence-electron chi connectivity index (χ0n) is 9.20. The van der Waals surface area contributed by atoms with Crippen molar-refractivity contribution in [2.75, 3.05) is 6.54 Å². The van der Waals surface area contributed by atoms with Crippen LogP contribution in [0.4, 0.5) is 0 Å². The van der Waals surface area contributed by atoms with E-state index in [1.54, 1.807) is 0 Å². The van der Waals surface area contributed by atoms with Crippen LogP contribution in [0.15, 0.2) is 24.3 Å². The Morgan fingerprint density at radius 1 is 1.19 bits per heavy atom. The second-order valence-corrected chi connectivity index (χ2v) is 4.63. The summed E-state index contributed by atoms with van der Waals surface area (Å²) in [6, 6.07) is 8.93. The predicted molar refractivity (Wildman–Crippen MR) is 62.3 cm³/mol. The molecule has 0 saturated heterocycles. The van der Waals surface area contributed by atoms with Gasteiger partial charge in [-0.3, -0.25) is 4.79 Å². The number of nitrogens with one attached hydrogen (secondary N) is 2. The van der Waals surface area contributed by atoms with E-state index in [1.807, 2.05) is 18.2 Å². The first-order valence-electron chi connectivity index (χ1n) is 5.98. The molecular weight excluding hydrogens is 200 g/mol. The van der Waals surface area contributed by atoms with E-state index in [4.69, 9.17) is 0 Å². The highest BCUT2D eigenvalue weighted by atomic mass is 16.1. The fourth-order valence-corrected chi connectivity index (χ4v) is 2.30. The summed E-state index contributed by atoms with van der Waals surface area (Å²) in [4.78, 5) is 11.8. The molecule has 1 saturated carbocycles. The Morgan fingerprint density at radius 2 is 2.00 bits per heavy atom. The van der Waals surface area contributed by atoms with Crippen molar-refractivity contribution in [1.29, 1.82) is 0 Å². The minimum absolute atomic E-state index is 0.0655. The van der Waals surface area contributed by atoms with Gasteiger partial charge in [0.1, 0.15) is 0 Å². The van der Waals surface area contributed by atoms with Gasteiger partial charge in [0.05, 0.1) is 0 Å². The lowest BCUT2D eigenvalue weighted by molar-refractivity contribution is 0.0956. The highest BCUT2D eigenvalue weighted by Crippen LogP contribution is 2.28. The number of benzene rings is 1. The van der Waals surface area contributed by atoms with E-state index >= 15 is 0 Å². The van der Waals surface area contributed by atoms with Gasteiger partial charge in [-0.05, 0) is 30.9 Å². The molecule has 1 unspecified atom stereocenters. The Balaban J connectivity index is 1.94.